The van der Waals surface area contributed by atoms with Crippen molar-refractivity contribution in [3.05, 3.63) is 58.1 Å². The van der Waals surface area contributed by atoms with Gasteiger partial charge in [0.2, 0.25) is 17.7 Å². The van der Waals surface area contributed by atoms with E-state index in [1.165, 1.54) is 23.5 Å². The quantitative estimate of drug-likeness (QED) is 0.699. The first kappa shape index (κ1) is 18.1. The molecule has 3 rings (SSSR count). The number of nitrogens with one attached hydrogen (secondary N) is 1. The van der Waals surface area contributed by atoms with Gasteiger partial charge in [-0.15, -0.1) is 10.2 Å². The molecule has 136 valence electrons. The van der Waals surface area contributed by atoms with Gasteiger partial charge in [0.05, 0.1) is 5.56 Å². The van der Waals surface area contributed by atoms with Crippen LogP contribution in [0.15, 0.2) is 45.5 Å². The molecule has 0 unspecified atom stereocenters. The van der Waals surface area contributed by atoms with E-state index in [9.17, 15) is 18.0 Å². The van der Waals surface area contributed by atoms with Gasteiger partial charge in [-0.25, -0.2) is 0 Å². The van der Waals surface area contributed by atoms with Crippen LogP contribution in [0, 0.1) is 0 Å². The molecular weight excluding hydrogens is 367 g/mol. The van der Waals surface area contributed by atoms with E-state index in [1.807, 2.05) is 16.8 Å². The first-order valence-corrected chi connectivity index (χ1v) is 8.64. The van der Waals surface area contributed by atoms with Crippen LogP contribution in [-0.2, 0) is 23.9 Å². The van der Waals surface area contributed by atoms with Crippen LogP contribution in [0.3, 0.4) is 0 Å². The monoisotopic (exact) mass is 381 g/mol. The molecule has 2 heterocycles. The first-order valence-electron chi connectivity index (χ1n) is 7.69. The Morgan fingerprint density at radius 2 is 1.92 bits per heavy atom. The number of carbonyl (C=O) groups is 1. The summed E-state index contributed by atoms with van der Waals surface area (Å²) >= 11 is 1.51. The van der Waals surface area contributed by atoms with Crippen LogP contribution < -0.4 is 5.32 Å². The summed E-state index contributed by atoms with van der Waals surface area (Å²) in [6.45, 7) is 0.154. The predicted molar refractivity (Wildman–Crippen MR) is 89.2 cm³/mol. The highest BCUT2D eigenvalue weighted by atomic mass is 32.1. The molecule has 9 heteroatoms. The fourth-order valence-electron chi connectivity index (χ4n) is 2.18. The minimum Gasteiger partial charge on any atom is -0.421 e. The Labute approximate surface area is 150 Å². The Morgan fingerprint density at radius 1 is 1.15 bits per heavy atom. The van der Waals surface area contributed by atoms with Crippen LogP contribution in [0.2, 0.25) is 0 Å². The third-order valence-electron chi connectivity index (χ3n) is 3.57. The van der Waals surface area contributed by atoms with Crippen LogP contribution in [-0.4, -0.2) is 16.1 Å². The molecule has 0 aliphatic rings. The van der Waals surface area contributed by atoms with Gasteiger partial charge in [-0.1, -0.05) is 12.1 Å². The van der Waals surface area contributed by atoms with Crippen molar-refractivity contribution < 1.29 is 22.4 Å². The number of amides is 1. The fourth-order valence-corrected chi connectivity index (χ4v) is 2.81. The maximum atomic E-state index is 12.5. The standard InChI is InChI=1S/C17H14F3N3O2S/c18-17(19,20)13-3-1-11(2-4-13)9-21-14(24)5-6-15-22-23-16(25-15)12-7-8-26-10-12/h1-4,7-8,10H,5-6,9H2,(H,21,24). The van der Waals surface area contributed by atoms with Gasteiger partial charge in [0, 0.05) is 30.3 Å². The topological polar surface area (TPSA) is 68.0 Å². The summed E-state index contributed by atoms with van der Waals surface area (Å²) in [5.41, 5.74) is 0.704. The molecule has 0 aliphatic carbocycles. The van der Waals surface area contributed by atoms with Crippen molar-refractivity contribution in [2.45, 2.75) is 25.6 Å². The van der Waals surface area contributed by atoms with E-state index in [0.717, 1.165) is 17.7 Å². The maximum Gasteiger partial charge on any atom is 0.416 e. The van der Waals surface area contributed by atoms with Gasteiger partial charge in [0.1, 0.15) is 0 Å². The van der Waals surface area contributed by atoms with E-state index in [-0.39, 0.29) is 25.3 Å². The van der Waals surface area contributed by atoms with Crippen LogP contribution >= 0.6 is 11.3 Å². The van der Waals surface area contributed by atoms with E-state index in [4.69, 9.17) is 4.42 Å². The summed E-state index contributed by atoms with van der Waals surface area (Å²) in [6.07, 6.45) is -3.93. The van der Waals surface area contributed by atoms with Crippen LogP contribution in [0.25, 0.3) is 11.5 Å². The molecule has 0 bridgehead atoms. The molecule has 0 fully saturated rings. The van der Waals surface area contributed by atoms with Crippen molar-refractivity contribution in [3.63, 3.8) is 0 Å². The zero-order chi connectivity index (χ0) is 18.6. The van der Waals surface area contributed by atoms with Crippen molar-refractivity contribution in [1.82, 2.24) is 15.5 Å². The number of aryl methyl sites for hydroxylation is 1. The molecule has 1 aromatic carbocycles. The van der Waals surface area contributed by atoms with E-state index in [0.29, 0.717) is 17.3 Å². The lowest BCUT2D eigenvalue weighted by Crippen LogP contribution is -2.23. The Balaban J connectivity index is 1.46. The normalized spacial score (nSPS) is 11.5. The van der Waals surface area contributed by atoms with E-state index in [1.54, 1.807) is 0 Å². The summed E-state index contributed by atoms with van der Waals surface area (Å²) in [4.78, 5) is 11.9. The molecule has 5 nitrogen and oxygen atoms in total. The predicted octanol–water partition coefficient (Wildman–Crippen LogP) is 4.07. The van der Waals surface area contributed by atoms with Gasteiger partial charge in [0.25, 0.3) is 0 Å². The van der Waals surface area contributed by atoms with E-state index >= 15 is 0 Å². The third kappa shape index (κ3) is 4.69. The number of carbonyl (C=O) groups excluding carboxylic acids is 1. The Hall–Kier alpha value is -2.68. The smallest absolute Gasteiger partial charge is 0.416 e. The van der Waals surface area contributed by atoms with E-state index < -0.39 is 11.7 Å². The number of aromatic nitrogens is 2. The molecule has 1 amide bonds. The Kier molecular flexibility index (Phi) is 5.36. The van der Waals surface area contributed by atoms with Crippen molar-refractivity contribution >= 4 is 17.2 Å². The summed E-state index contributed by atoms with van der Waals surface area (Å²) < 4.78 is 43.0. The minimum atomic E-state index is -4.37. The lowest BCUT2D eigenvalue weighted by atomic mass is 10.1. The number of rotatable bonds is 6. The molecule has 26 heavy (non-hydrogen) atoms. The van der Waals surface area contributed by atoms with Crippen molar-refractivity contribution in [3.8, 4) is 11.5 Å². The van der Waals surface area contributed by atoms with Crippen molar-refractivity contribution in [2.75, 3.05) is 0 Å². The van der Waals surface area contributed by atoms with Crippen molar-refractivity contribution in [1.29, 1.82) is 0 Å². The zero-order valence-electron chi connectivity index (χ0n) is 13.4. The summed E-state index contributed by atoms with van der Waals surface area (Å²) in [5, 5.41) is 14.3. The van der Waals surface area contributed by atoms with Gasteiger partial charge < -0.3 is 9.73 Å². The molecule has 0 radical (unpaired) electrons. The number of hydrogen-bond acceptors (Lipinski definition) is 5. The number of benzene rings is 1. The van der Waals surface area contributed by atoms with E-state index in [2.05, 4.69) is 15.5 Å². The maximum absolute atomic E-state index is 12.5. The van der Waals surface area contributed by atoms with Gasteiger partial charge in [-0.2, -0.15) is 24.5 Å². The Bertz CT molecular complexity index is 858. The van der Waals surface area contributed by atoms with Crippen LogP contribution in [0.5, 0.6) is 0 Å². The molecule has 3 aromatic rings. The van der Waals surface area contributed by atoms with Gasteiger partial charge >= 0.3 is 6.18 Å². The highest BCUT2D eigenvalue weighted by molar-refractivity contribution is 7.08. The third-order valence-corrected chi connectivity index (χ3v) is 4.26. The second-order valence-corrected chi connectivity index (χ2v) is 6.26. The molecule has 0 saturated heterocycles. The first-order chi connectivity index (χ1) is 12.4. The number of alkyl halides is 3. The number of hydrogen-bond donors (Lipinski definition) is 1. The molecule has 0 atom stereocenters. The molecule has 2 aromatic heterocycles. The SMILES string of the molecule is O=C(CCc1nnc(-c2ccsc2)o1)NCc1ccc(C(F)(F)F)cc1. The lowest BCUT2D eigenvalue weighted by molar-refractivity contribution is -0.137. The largest absolute Gasteiger partial charge is 0.421 e. The highest BCUT2D eigenvalue weighted by Crippen LogP contribution is 2.29. The molecule has 0 spiro atoms. The van der Waals surface area contributed by atoms with Gasteiger partial charge in [-0.3, -0.25) is 4.79 Å². The Morgan fingerprint density at radius 3 is 2.58 bits per heavy atom. The molecule has 1 N–H and O–H groups in total. The summed E-state index contributed by atoms with van der Waals surface area (Å²) in [5.74, 6) is 0.516. The lowest BCUT2D eigenvalue weighted by Gasteiger charge is -2.08. The average molecular weight is 381 g/mol. The second kappa shape index (κ2) is 7.69. The fraction of sp³-hybridized carbons (Fsp3) is 0.235. The van der Waals surface area contributed by atoms with Crippen LogP contribution in [0.4, 0.5) is 13.2 Å². The average Bonchev–Trinajstić information content (AvgIpc) is 3.29. The second-order valence-electron chi connectivity index (χ2n) is 5.48. The highest BCUT2D eigenvalue weighted by Gasteiger charge is 2.29. The molecule has 0 saturated carbocycles. The molecule has 0 aliphatic heterocycles. The number of halogens is 3. The minimum absolute atomic E-state index is 0.145. The number of thiophene rings is 1. The molecular formula is C17H14F3N3O2S. The van der Waals surface area contributed by atoms with Gasteiger partial charge in [0.15, 0.2) is 0 Å². The zero-order valence-corrected chi connectivity index (χ0v) is 14.2. The summed E-state index contributed by atoms with van der Waals surface area (Å²) in [7, 11) is 0. The summed E-state index contributed by atoms with van der Waals surface area (Å²) in [6, 6.07) is 6.53. The van der Waals surface area contributed by atoms with Gasteiger partial charge in [-0.05, 0) is 29.1 Å². The van der Waals surface area contributed by atoms with Crippen LogP contribution in [0.1, 0.15) is 23.4 Å². The van der Waals surface area contributed by atoms with Crippen molar-refractivity contribution in [2.24, 2.45) is 0 Å². The number of nitrogens with zero attached hydrogens (tertiary/aromatic N) is 2.